The molecule has 0 saturated carbocycles. The van der Waals surface area contributed by atoms with E-state index in [-0.39, 0.29) is 11.4 Å². The van der Waals surface area contributed by atoms with Crippen LogP contribution in [0.2, 0.25) is 0 Å². The lowest BCUT2D eigenvalue weighted by Crippen LogP contribution is -2.49. The lowest BCUT2D eigenvalue weighted by Gasteiger charge is -2.36. The number of amidine groups is 1. The first-order chi connectivity index (χ1) is 9.29. The Labute approximate surface area is 112 Å². The molecule has 2 rings (SSSR count). The summed E-state index contributed by atoms with van der Waals surface area (Å²) in [5.41, 5.74) is 2.45. The molecule has 3 N–H and O–H groups in total. The monoisotopic (exact) mass is 284 g/mol. The van der Waals surface area contributed by atoms with Gasteiger partial charge in [-0.25, -0.2) is 0 Å². The highest BCUT2D eigenvalue weighted by Gasteiger charge is 2.65. The van der Waals surface area contributed by atoms with Gasteiger partial charge in [0.1, 0.15) is 11.9 Å². The van der Waals surface area contributed by atoms with E-state index in [1.807, 2.05) is 0 Å². The second kappa shape index (κ2) is 4.66. The van der Waals surface area contributed by atoms with Crippen molar-refractivity contribution in [3.05, 3.63) is 48.0 Å². The predicted octanol–water partition coefficient (Wildman–Crippen LogP) is 2.29. The molecule has 2 atom stereocenters. The molecule has 2 unspecified atom stereocenters. The number of nitrogens with zero attached hydrogens (tertiary/aromatic N) is 1. The van der Waals surface area contributed by atoms with Crippen molar-refractivity contribution in [1.82, 2.24) is 0 Å². The molecule has 0 amide bonds. The van der Waals surface area contributed by atoms with Gasteiger partial charge in [0, 0.05) is 0 Å². The van der Waals surface area contributed by atoms with Crippen LogP contribution >= 0.6 is 0 Å². The van der Waals surface area contributed by atoms with Crippen molar-refractivity contribution in [2.24, 2.45) is 16.1 Å². The van der Waals surface area contributed by atoms with Gasteiger partial charge in [0.2, 0.25) is 5.41 Å². The highest BCUT2D eigenvalue weighted by Crippen LogP contribution is 2.52. The number of halogens is 3. The number of alkyl halides is 3. The van der Waals surface area contributed by atoms with Crippen molar-refractivity contribution in [2.45, 2.75) is 12.2 Å². The third-order valence-corrected chi connectivity index (χ3v) is 3.16. The summed E-state index contributed by atoms with van der Waals surface area (Å²) in [5, 5.41) is 9.16. The number of rotatable bonds is 2. The van der Waals surface area contributed by atoms with Gasteiger partial charge < -0.3 is 10.8 Å². The Bertz CT molecular complexity index is 581. The highest BCUT2D eigenvalue weighted by molar-refractivity contribution is 5.95. The number of aliphatic imine (C=N–C) groups is 1. The van der Waals surface area contributed by atoms with Crippen LogP contribution in [0.25, 0.3) is 0 Å². The smallest absolute Gasteiger partial charge is 0.410 e. The molecule has 0 fully saturated rings. The van der Waals surface area contributed by atoms with Crippen molar-refractivity contribution in [1.29, 1.82) is 0 Å². The number of benzene rings is 1. The van der Waals surface area contributed by atoms with E-state index in [0.717, 1.165) is 6.08 Å². The molecule has 0 bridgehead atoms. The highest BCUT2D eigenvalue weighted by atomic mass is 19.4. The summed E-state index contributed by atoms with van der Waals surface area (Å²) >= 11 is 0. The molecule has 7 heteroatoms. The normalized spacial score (nSPS) is 26.1. The third-order valence-electron chi connectivity index (χ3n) is 3.16. The van der Waals surface area contributed by atoms with Gasteiger partial charge in [-0.1, -0.05) is 36.4 Å². The maximum Gasteiger partial charge on any atom is 0.410 e. The number of nitrogens with two attached hydrogens (primary N) is 1. The quantitative estimate of drug-likeness (QED) is 0.874. The Morgan fingerprint density at radius 3 is 2.40 bits per heavy atom. The topological polar surface area (TPSA) is 75.7 Å². The van der Waals surface area contributed by atoms with Crippen LogP contribution in [0.4, 0.5) is 13.2 Å². The number of aliphatic carboxylic acids is 1. The molecule has 1 aliphatic rings. The summed E-state index contributed by atoms with van der Waals surface area (Å²) in [7, 11) is 0. The van der Waals surface area contributed by atoms with E-state index >= 15 is 0 Å². The lowest BCUT2D eigenvalue weighted by atomic mass is 9.74. The molecule has 20 heavy (non-hydrogen) atoms. The molecule has 1 aromatic rings. The molecular weight excluding hydrogens is 273 g/mol. The van der Waals surface area contributed by atoms with Crippen LogP contribution in [-0.2, 0) is 4.79 Å². The molecule has 4 nitrogen and oxygen atoms in total. The first-order valence-corrected chi connectivity index (χ1v) is 5.66. The molecular formula is C13H11F3N2O2. The van der Waals surface area contributed by atoms with Gasteiger partial charge in [-0.05, 0) is 11.6 Å². The van der Waals surface area contributed by atoms with Gasteiger partial charge in [-0.15, -0.1) is 0 Å². The predicted molar refractivity (Wildman–Crippen MR) is 66.1 cm³/mol. The van der Waals surface area contributed by atoms with Gasteiger partial charge >= 0.3 is 12.1 Å². The molecule has 0 aromatic heterocycles. The van der Waals surface area contributed by atoms with Crippen molar-refractivity contribution in [2.75, 3.05) is 0 Å². The zero-order valence-corrected chi connectivity index (χ0v) is 10.1. The summed E-state index contributed by atoms with van der Waals surface area (Å²) in [6.07, 6.45) is -3.56. The van der Waals surface area contributed by atoms with Crippen LogP contribution in [0.1, 0.15) is 11.6 Å². The molecule has 0 aliphatic carbocycles. The molecule has 0 radical (unpaired) electrons. The van der Waals surface area contributed by atoms with Crippen molar-refractivity contribution in [3.8, 4) is 0 Å². The van der Waals surface area contributed by atoms with Crippen LogP contribution in [0.3, 0.4) is 0 Å². The first-order valence-electron chi connectivity index (χ1n) is 5.66. The molecule has 1 aliphatic heterocycles. The van der Waals surface area contributed by atoms with Crippen LogP contribution in [0.15, 0.2) is 47.5 Å². The molecule has 106 valence electrons. The van der Waals surface area contributed by atoms with E-state index in [2.05, 4.69) is 4.99 Å². The largest absolute Gasteiger partial charge is 0.480 e. The number of dihydropyridines is 1. The molecule has 1 heterocycles. The van der Waals surface area contributed by atoms with E-state index in [0.29, 0.717) is 6.08 Å². The Kier molecular flexibility index (Phi) is 3.29. The van der Waals surface area contributed by atoms with Crippen LogP contribution in [-0.4, -0.2) is 23.1 Å². The fourth-order valence-corrected chi connectivity index (χ4v) is 2.13. The van der Waals surface area contributed by atoms with E-state index < -0.39 is 23.6 Å². The van der Waals surface area contributed by atoms with Crippen LogP contribution in [0, 0.1) is 5.41 Å². The zero-order chi connectivity index (χ0) is 15.0. The fourth-order valence-electron chi connectivity index (χ4n) is 2.13. The zero-order valence-electron chi connectivity index (χ0n) is 10.1. The molecule has 0 spiro atoms. The number of carboxylic acid groups (broad SMARTS) is 1. The number of hydrogen-bond donors (Lipinski definition) is 2. The van der Waals surface area contributed by atoms with Crippen LogP contribution in [0.5, 0.6) is 0 Å². The van der Waals surface area contributed by atoms with E-state index in [1.54, 1.807) is 6.07 Å². The van der Waals surface area contributed by atoms with Gasteiger partial charge in [0.25, 0.3) is 0 Å². The number of hydrogen-bond acceptors (Lipinski definition) is 3. The van der Waals surface area contributed by atoms with Gasteiger partial charge in [0.15, 0.2) is 0 Å². The van der Waals surface area contributed by atoms with E-state index in [4.69, 9.17) is 10.8 Å². The Morgan fingerprint density at radius 1 is 1.30 bits per heavy atom. The Balaban J connectivity index is 2.66. The van der Waals surface area contributed by atoms with Gasteiger partial charge in [-0.2, -0.15) is 13.2 Å². The SMILES string of the molecule is NC1=NC(c2ccccc2)C(C(=O)O)(C(F)(F)F)C=C1. The minimum absolute atomic E-state index is 0.138. The fraction of sp³-hybridized carbons (Fsp3) is 0.231. The Hall–Kier alpha value is -2.31. The second-order valence-electron chi connectivity index (χ2n) is 4.37. The maximum absolute atomic E-state index is 13.4. The number of carboxylic acids is 1. The van der Waals surface area contributed by atoms with Crippen molar-refractivity contribution < 1.29 is 23.1 Å². The molecule has 0 saturated heterocycles. The standard InChI is InChI=1S/C13H11F3N2O2/c14-13(15,16)12(11(19)20)7-6-9(17)18-10(12)8-4-2-1-3-5-8/h1-7,10H,(H2,17,18)(H,19,20). The summed E-state index contributed by atoms with van der Waals surface area (Å²) < 4.78 is 40.1. The number of carbonyl (C=O) groups is 1. The van der Waals surface area contributed by atoms with Crippen molar-refractivity contribution in [3.63, 3.8) is 0 Å². The summed E-state index contributed by atoms with van der Waals surface area (Å²) in [4.78, 5) is 15.0. The lowest BCUT2D eigenvalue weighted by molar-refractivity contribution is -0.223. The first kappa shape index (κ1) is 14.1. The summed E-state index contributed by atoms with van der Waals surface area (Å²) in [6.45, 7) is 0. The average molecular weight is 284 g/mol. The van der Waals surface area contributed by atoms with Gasteiger partial charge in [-0.3, -0.25) is 9.79 Å². The third kappa shape index (κ3) is 2.04. The van der Waals surface area contributed by atoms with Crippen LogP contribution < -0.4 is 5.73 Å². The van der Waals surface area contributed by atoms with E-state index in [1.165, 1.54) is 24.3 Å². The second-order valence-corrected chi connectivity index (χ2v) is 4.37. The minimum Gasteiger partial charge on any atom is -0.480 e. The maximum atomic E-state index is 13.4. The Morgan fingerprint density at radius 2 is 1.90 bits per heavy atom. The van der Waals surface area contributed by atoms with Crippen molar-refractivity contribution >= 4 is 11.8 Å². The molecule has 1 aromatic carbocycles. The van der Waals surface area contributed by atoms with Gasteiger partial charge in [0.05, 0.1) is 0 Å². The van der Waals surface area contributed by atoms with E-state index in [9.17, 15) is 18.0 Å². The average Bonchev–Trinajstić information content (AvgIpc) is 2.38. The summed E-state index contributed by atoms with van der Waals surface area (Å²) in [5.74, 6) is -2.15. The minimum atomic E-state index is -5.00. The summed E-state index contributed by atoms with van der Waals surface area (Å²) in [6, 6.07) is 5.79.